The molecular formula is C22H28FN3O2. The van der Waals surface area contributed by atoms with E-state index in [4.69, 9.17) is 4.74 Å². The molecule has 6 heteroatoms. The standard InChI is InChI=1S/C22H28FN3O2/c1-16-4-9-21(28-3)18(14-16)15-25-10-12-26(13-11-25)17(2)22(27)24-20-7-5-19(23)6-8-20/h4-9,14,17H,10-13,15H2,1-3H3,(H,24,27)/t17-/m0/s1. The van der Waals surface area contributed by atoms with E-state index in [9.17, 15) is 9.18 Å². The van der Waals surface area contributed by atoms with Crippen LogP contribution in [0.4, 0.5) is 10.1 Å². The number of hydrogen-bond acceptors (Lipinski definition) is 4. The molecule has 2 aromatic carbocycles. The van der Waals surface area contributed by atoms with Gasteiger partial charge in [0.2, 0.25) is 5.91 Å². The summed E-state index contributed by atoms with van der Waals surface area (Å²) in [4.78, 5) is 17.1. The van der Waals surface area contributed by atoms with Crippen molar-refractivity contribution in [2.24, 2.45) is 0 Å². The zero-order valence-corrected chi connectivity index (χ0v) is 16.7. The minimum Gasteiger partial charge on any atom is -0.496 e. The number of hydrogen-bond donors (Lipinski definition) is 1. The van der Waals surface area contributed by atoms with Gasteiger partial charge in [-0.25, -0.2) is 4.39 Å². The first-order chi connectivity index (χ1) is 13.5. The van der Waals surface area contributed by atoms with Crippen LogP contribution >= 0.6 is 0 Å². The number of nitrogens with one attached hydrogen (secondary N) is 1. The molecule has 1 heterocycles. The van der Waals surface area contributed by atoms with Crippen LogP contribution in [-0.2, 0) is 11.3 Å². The minimum absolute atomic E-state index is 0.0691. The van der Waals surface area contributed by atoms with E-state index in [-0.39, 0.29) is 17.8 Å². The molecule has 0 aromatic heterocycles. The third kappa shape index (κ3) is 5.09. The highest BCUT2D eigenvalue weighted by molar-refractivity contribution is 5.94. The monoisotopic (exact) mass is 385 g/mol. The molecular weight excluding hydrogens is 357 g/mol. The predicted molar refractivity (Wildman–Crippen MR) is 109 cm³/mol. The summed E-state index contributed by atoms with van der Waals surface area (Å²) in [7, 11) is 1.70. The normalized spacial score (nSPS) is 16.6. The predicted octanol–water partition coefficient (Wildman–Crippen LogP) is 3.29. The fourth-order valence-corrected chi connectivity index (χ4v) is 3.53. The SMILES string of the molecule is COc1ccc(C)cc1CN1CCN([C@@H](C)C(=O)Nc2ccc(F)cc2)CC1. The van der Waals surface area contributed by atoms with Crippen LogP contribution in [0.2, 0.25) is 0 Å². The largest absolute Gasteiger partial charge is 0.496 e. The topological polar surface area (TPSA) is 44.8 Å². The van der Waals surface area contributed by atoms with Crippen LogP contribution in [0, 0.1) is 12.7 Å². The summed E-state index contributed by atoms with van der Waals surface area (Å²) in [5.41, 5.74) is 3.03. The molecule has 150 valence electrons. The molecule has 5 nitrogen and oxygen atoms in total. The molecule has 0 aliphatic carbocycles. The molecule has 1 fully saturated rings. The van der Waals surface area contributed by atoms with Crippen LogP contribution in [-0.4, -0.2) is 55.0 Å². The van der Waals surface area contributed by atoms with Crippen LogP contribution in [0.3, 0.4) is 0 Å². The number of benzene rings is 2. The summed E-state index contributed by atoms with van der Waals surface area (Å²) in [5.74, 6) is 0.535. The van der Waals surface area contributed by atoms with E-state index >= 15 is 0 Å². The Morgan fingerprint density at radius 3 is 2.46 bits per heavy atom. The first kappa shape index (κ1) is 20.3. The van der Waals surface area contributed by atoms with Crippen LogP contribution < -0.4 is 10.1 Å². The lowest BCUT2D eigenvalue weighted by atomic mass is 10.1. The summed E-state index contributed by atoms with van der Waals surface area (Å²) in [6, 6.07) is 11.9. The van der Waals surface area contributed by atoms with Gasteiger partial charge in [-0.3, -0.25) is 14.6 Å². The Morgan fingerprint density at radius 2 is 1.82 bits per heavy atom. The number of carbonyl (C=O) groups excluding carboxylic acids is 1. The number of rotatable bonds is 6. The van der Waals surface area contributed by atoms with Crippen molar-refractivity contribution in [1.29, 1.82) is 0 Å². The number of amides is 1. The highest BCUT2D eigenvalue weighted by Crippen LogP contribution is 2.22. The van der Waals surface area contributed by atoms with Gasteiger partial charge in [-0.05, 0) is 44.2 Å². The summed E-state index contributed by atoms with van der Waals surface area (Å²) < 4.78 is 18.5. The average Bonchev–Trinajstić information content (AvgIpc) is 2.70. The Kier molecular flexibility index (Phi) is 6.65. The number of carbonyl (C=O) groups is 1. The number of halogens is 1. The van der Waals surface area contributed by atoms with Gasteiger partial charge in [0.25, 0.3) is 0 Å². The van der Waals surface area contributed by atoms with E-state index in [1.807, 2.05) is 13.0 Å². The van der Waals surface area contributed by atoms with Gasteiger partial charge >= 0.3 is 0 Å². The van der Waals surface area contributed by atoms with Crippen molar-refractivity contribution in [3.8, 4) is 5.75 Å². The Bertz CT molecular complexity index is 802. The molecule has 1 aliphatic rings. The number of aryl methyl sites for hydroxylation is 1. The van der Waals surface area contributed by atoms with Gasteiger partial charge in [-0.15, -0.1) is 0 Å². The van der Waals surface area contributed by atoms with Crippen LogP contribution in [0.25, 0.3) is 0 Å². The molecule has 1 aliphatic heterocycles. The highest BCUT2D eigenvalue weighted by atomic mass is 19.1. The van der Waals surface area contributed by atoms with E-state index in [2.05, 4.69) is 34.2 Å². The maximum atomic E-state index is 13.0. The number of ether oxygens (including phenoxy) is 1. The van der Waals surface area contributed by atoms with Crippen molar-refractivity contribution in [3.63, 3.8) is 0 Å². The van der Waals surface area contributed by atoms with Crippen LogP contribution in [0.15, 0.2) is 42.5 Å². The maximum absolute atomic E-state index is 13.0. The molecule has 1 saturated heterocycles. The van der Waals surface area contributed by atoms with E-state index in [0.717, 1.165) is 38.5 Å². The van der Waals surface area contributed by atoms with Gasteiger partial charge in [-0.2, -0.15) is 0 Å². The molecule has 0 unspecified atom stereocenters. The third-order valence-corrected chi connectivity index (χ3v) is 5.28. The minimum atomic E-state index is -0.313. The molecule has 0 bridgehead atoms. The molecule has 0 saturated carbocycles. The smallest absolute Gasteiger partial charge is 0.241 e. The summed E-state index contributed by atoms with van der Waals surface area (Å²) in [6.07, 6.45) is 0. The Labute approximate surface area is 166 Å². The quantitative estimate of drug-likeness (QED) is 0.829. The third-order valence-electron chi connectivity index (χ3n) is 5.28. The van der Waals surface area contributed by atoms with Gasteiger partial charge in [0, 0.05) is 44.0 Å². The fourth-order valence-electron chi connectivity index (χ4n) is 3.53. The van der Waals surface area contributed by atoms with Crippen molar-refractivity contribution >= 4 is 11.6 Å². The van der Waals surface area contributed by atoms with Crippen LogP contribution in [0.5, 0.6) is 5.75 Å². The number of nitrogens with zero attached hydrogens (tertiary/aromatic N) is 2. The second-order valence-corrected chi connectivity index (χ2v) is 7.30. The molecule has 1 amide bonds. The zero-order chi connectivity index (χ0) is 20.1. The Balaban J connectivity index is 1.52. The van der Waals surface area contributed by atoms with Crippen molar-refractivity contribution in [3.05, 3.63) is 59.4 Å². The van der Waals surface area contributed by atoms with Gasteiger partial charge in [0.05, 0.1) is 13.2 Å². The first-order valence-electron chi connectivity index (χ1n) is 9.62. The lowest BCUT2D eigenvalue weighted by Crippen LogP contribution is -2.52. The summed E-state index contributed by atoms with van der Waals surface area (Å²) in [5, 5.41) is 2.86. The van der Waals surface area contributed by atoms with Gasteiger partial charge < -0.3 is 10.1 Å². The van der Waals surface area contributed by atoms with Crippen molar-refractivity contribution in [2.75, 3.05) is 38.6 Å². The second kappa shape index (κ2) is 9.17. The van der Waals surface area contributed by atoms with Crippen molar-refractivity contribution in [2.45, 2.75) is 26.4 Å². The lowest BCUT2D eigenvalue weighted by molar-refractivity contribution is -0.121. The number of anilines is 1. The first-order valence-corrected chi connectivity index (χ1v) is 9.62. The molecule has 0 radical (unpaired) electrons. The van der Waals surface area contributed by atoms with Crippen LogP contribution in [0.1, 0.15) is 18.1 Å². The maximum Gasteiger partial charge on any atom is 0.241 e. The number of methoxy groups -OCH3 is 1. The highest BCUT2D eigenvalue weighted by Gasteiger charge is 2.26. The summed E-state index contributed by atoms with van der Waals surface area (Å²) in [6.45, 7) is 8.28. The van der Waals surface area contributed by atoms with Gasteiger partial charge in [0.15, 0.2) is 0 Å². The van der Waals surface area contributed by atoms with E-state index < -0.39 is 0 Å². The molecule has 2 aromatic rings. The molecule has 1 atom stereocenters. The lowest BCUT2D eigenvalue weighted by Gasteiger charge is -2.37. The Morgan fingerprint density at radius 1 is 1.14 bits per heavy atom. The van der Waals surface area contributed by atoms with Crippen molar-refractivity contribution in [1.82, 2.24) is 9.80 Å². The molecule has 28 heavy (non-hydrogen) atoms. The molecule has 3 rings (SSSR count). The zero-order valence-electron chi connectivity index (χ0n) is 16.7. The van der Waals surface area contributed by atoms with Gasteiger partial charge in [0.1, 0.15) is 11.6 Å². The molecule has 1 N–H and O–H groups in total. The van der Waals surface area contributed by atoms with Gasteiger partial charge in [-0.1, -0.05) is 17.7 Å². The summed E-state index contributed by atoms with van der Waals surface area (Å²) >= 11 is 0. The average molecular weight is 385 g/mol. The van der Waals surface area contributed by atoms with E-state index in [1.54, 1.807) is 19.2 Å². The second-order valence-electron chi connectivity index (χ2n) is 7.30. The number of piperazine rings is 1. The van der Waals surface area contributed by atoms with Crippen molar-refractivity contribution < 1.29 is 13.9 Å². The fraction of sp³-hybridized carbons (Fsp3) is 0.409. The molecule has 0 spiro atoms. The van der Waals surface area contributed by atoms with E-state index in [1.165, 1.54) is 23.3 Å². The van der Waals surface area contributed by atoms with E-state index in [0.29, 0.717) is 5.69 Å². The Hall–Kier alpha value is -2.44.